The van der Waals surface area contributed by atoms with Crippen molar-refractivity contribution < 1.29 is 22.4 Å². The Hall–Kier alpha value is -1.50. The fraction of sp³-hybridized carbons (Fsp3) is 0.500. The van der Waals surface area contributed by atoms with E-state index in [4.69, 9.17) is 10.2 Å². The van der Waals surface area contributed by atoms with E-state index in [0.717, 1.165) is 0 Å². The number of carbonyl (C=O) groups excluding carboxylic acids is 1. The maximum Gasteiger partial charge on any atom is 0.415 e. The van der Waals surface area contributed by atoms with Crippen molar-refractivity contribution in [2.75, 3.05) is 0 Å². The number of nitrogens with one attached hydrogen (secondary N) is 1. The Labute approximate surface area is 96.0 Å². The van der Waals surface area contributed by atoms with Gasteiger partial charge < -0.3 is 15.5 Å². The highest BCUT2D eigenvalue weighted by atomic mass is 19.4. The fourth-order valence-corrected chi connectivity index (χ4v) is 1.06. The largest absolute Gasteiger partial charge is 0.465 e. The van der Waals surface area contributed by atoms with Crippen molar-refractivity contribution in [3.05, 3.63) is 23.7 Å². The van der Waals surface area contributed by atoms with E-state index in [9.17, 15) is 18.0 Å². The van der Waals surface area contributed by atoms with Crippen molar-refractivity contribution >= 4 is 5.91 Å². The Morgan fingerprint density at radius 2 is 2.06 bits per heavy atom. The summed E-state index contributed by atoms with van der Waals surface area (Å²) in [5.74, 6) is -0.312. The van der Waals surface area contributed by atoms with Crippen molar-refractivity contribution in [2.45, 2.75) is 32.1 Å². The molecule has 1 aromatic heterocycles. The van der Waals surface area contributed by atoms with Gasteiger partial charge in [-0.05, 0) is 26.0 Å². The number of hydrogen-bond acceptors (Lipinski definition) is 3. The molecule has 3 N–H and O–H groups in total. The monoisotopic (exact) mass is 250 g/mol. The van der Waals surface area contributed by atoms with Gasteiger partial charge in [-0.3, -0.25) is 4.79 Å². The van der Waals surface area contributed by atoms with Crippen LogP contribution in [0.2, 0.25) is 0 Å². The Morgan fingerprint density at radius 1 is 1.47 bits per heavy atom. The molecule has 0 saturated heterocycles. The zero-order chi connectivity index (χ0) is 13.3. The molecule has 96 valence electrons. The minimum absolute atomic E-state index is 0.129. The van der Waals surface area contributed by atoms with Crippen molar-refractivity contribution in [3.8, 4) is 0 Å². The summed E-state index contributed by atoms with van der Waals surface area (Å²) in [4.78, 5) is 11.3. The predicted molar refractivity (Wildman–Crippen MR) is 53.9 cm³/mol. The molecule has 0 spiro atoms. The van der Waals surface area contributed by atoms with Crippen LogP contribution in [-0.2, 0) is 11.3 Å². The summed E-state index contributed by atoms with van der Waals surface area (Å²) in [7, 11) is 0. The first-order chi connectivity index (χ1) is 7.64. The van der Waals surface area contributed by atoms with Crippen LogP contribution in [0.25, 0.3) is 0 Å². The van der Waals surface area contributed by atoms with E-state index >= 15 is 0 Å². The first-order valence-corrected chi connectivity index (χ1v) is 4.84. The van der Waals surface area contributed by atoms with Crippen LogP contribution in [0.4, 0.5) is 13.2 Å². The maximum absolute atomic E-state index is 12.4. The molecule has 0 saturated carbocycles. The number of aryl methyl sites for hydroxylation is 1. The van der Waals surface area contributed by atoms with Gasteiger partial charge in [0.25, 0.3) is 0 Å². The lowest BCUT2D eigenvalue weighted by Gasteiger charge is -2.25. The number of halogens is 3. The minimum Gasteiger partial charge on any atom is -0.465 e. The van der Waals surface area contributed by atoms with Crippen molar-refractivity contribution in [1.29, 1.82) is 0 Å². The Morgan fingerprint density at radius 3 is 2.47 bits per heavy atom. The number of amides is 1. The second-order valence-corrected chi connectivity index (χ2v) is 3.90. The number of nitrogens with two attached hydrogens (primary N) is 1. The van der Waals surface area contributed by atoms with E-state index < -0.39 is 17.6 Å². The lowest BCUT2D eigenvalue weighted by molar-refractivity contribution is -0.187. The molecule has 1 amide bonds. The van der Waals surface area contributed by atoms with Crippen LogP contribution < -0.4 is 11.1 Å². The van der Waals surface area contributed by atoms with Crippen LogP contribution in [0.1, 0.15) is 18.4 Å². The third kappa shape index (κ3) is 3.00. The van der Waals surface area contributed by atoms with Gasteiger partial charge in [0.15, 0.2) is 5.54 Å². The molecule has 0 aliphatic carbocycles. The second-order valence-electron chi connectivity index (χ2n) is 3.90. The van der Waals surface area contributed by atoms with Crippen LogP contribution in [0.15, 0.2) is 16.5 Å². The lowest BCUT2D eigenvalue weighted by Crippen LogP contribution is -2.61. The van der Waals surface area contributed by atoms with Crippen LogP contribution in [-0.4, -0.2) is 17.6 Å². The summed E-state index contributed by atoms with van der Waals surface area (Å²) in [6.07, 6.45) is -4.80. The third-order valence-electron chi connectivity index (χ3n) is 2.28. The molecule has 1 atom stereocenters. The van der Waals surface area contributed by atoms with E-state index in [1.165, 1.54) is 0 Å². The normalized spacial score (nSPS) is 15.4. The van der Waals surface area contributed by atoms with E-state index in [2.05, 4.69) is 5.32 Å². The zero-order valence-electron chi connectivity index (χ0n) is 9.39. The molecule has 1 aromatic rings. The molecule has 1 rings (SSSR count). The van der Waals surface area contributed by atoms with Crippen molar-refractivity contribution in [1.82, 2.24) is 5.32 Å². The highest BCUT2D eigenvalue weighted by Gasteiger charge is 2.53. The first kappa shape index (κ1) is 13.6. The van der Waals surface area contributed by atoms with Gasteiger partial charge in [0.1, 0.15) is 11.5 Å². The summed E-state index contributed by atoms with van der Waals surface area (Å²) in [6.45, 7) is 2.18. The summed E-state index contributed by atoms with van der Waals surface area (Å²) < 4.78 is 42.3. The molecule has 0 radical (unpaired) electrons. The van der Waals surface area contributed by atoms with Gasteiger partial charge in [0.05, 0.1) is 6.54 Å². The van der Waals surface area contributed by atoms with E-state index in [-0.39, 0.29) is 6.54 Å². The highest BCUT2D eigenvalue weighted by molar-refractivity contribution is 5.86. The van der Waals surface area contributed by atoms with Crippen molar-refractivity contribution in [2.24, 2.45) is 5.73 Å². The SMILES string of the molecule is Cc1ccc(CNC(=O)C(C)(N)C(F)(F)F)o1. The topological polar surface area (TPSA) is 68.3 Å². The molecule has 1 unspecified atom stereocenters. The summed E-state index contributed by atoms with van der Waals surface area (Å²) >= 11 is 0. The quantitative estimate of drug-likeness (QED) is 0.853. The molecule has 0 aliphatic heterocycles. The number of rotatable bonds is 3. The molecule has 0 fully saturated rings. The molecule has 0 bridgehead atoms. The van der Waals surface area contributed by atoms with Gasteiger partial charge >= 0.3 is 6.18 Å². The van der Waals surface area contributed by atoms with Crippen LogP contribution in [0, 0.1) is 6.92 Å². The Bertz CT molecular complexity index is 410. The van der Waals surface area contributed by atoms with Gasteiger partial charge in [-0.25, -0.2) is 0 Å². The third-order valence-corrected chi connectivity index (χ3v) is 2.28. The Balaban J connectivity index is 2.61. The van der Waals surface area contributed by atoms with Crippen molar-refractivity contribution in [3.63, 3.8) is 0 Å². The van der Waals surface area contributed by atoms with Crippen LogP contribution in [0.5, 0.6) is 0 Å². The molecule has 7 heteroatoms. The molecule has 0 aliphatic rings. The smallest absolute Gasteiger partial charge is 0.415 e. The van der Waals surface area contributed by atoms with Gasteiger partial charge in [0.2, 0.25) is 5.91 Å². The zero-order valence-corrected chi connectivity index (χ0v) is 9.39. The minimum atomic E-state index is -4.80. The molecule has 0 aromatic carbocycles. The molecular weight excluding hydrogens is 237 g/mol. The van der Waals surface area contributed by atoms with Crippen LogP contribution in [0.3, 0.4) is 0 Å². The average molecular weight is 250 g/mol. The van der Waals surface area contributed by atoms with E-state index in [1.54, 1.807) is 19.1 Å². The lowest BCUT2D eigenvalue weighted by atomic mass is 10.0. The van der Waals surface area contributed by atoms with Gasteiger partial charge in [0, 0.05) is 0 Å². The standard InChI is InChI=1S/C10H13F3N2O2/c1-6-3-4-7(17-6)5-15-8(16)9(2,14)10(11,12)13/h3-4H,5,14H2,1-2H3,(H,15,16). The highest BCUT2D eigenvalue weighted by Crippen LogP contribution is 2.27. The van der Waals surface area contributed by atoms with E-state index in [1.807, 2.05) is 0 Å². The number of alkyl halides is 3. The number of hydrogen-bond donors (Lipinski definition) is 2. The van der Waals surface area contributed by atoms with E-state index in [0.29, 0.717) is 18.4 Å². The van der Waals surface area contributed by atoms with Gasteiger partial charge in [-0.2, -0.15) is 13.2 Å². The van der Waals surface area contributed by atoms with Crippen LogP contribution >= 0.6 is 0 Å². The molecule has 4 nitrogen and oxygen atoms in total. The average Bonchev–Trinajstić information content (AvgIpc) is 2.58. The molecule has 1 heterocycles. The van der Waals surface area contributed by atoms with Gasteiger partial charge in [-0.15, -0.1) is 0 Å². The molecule has 17 heavy (non-hydrogen) atoms. The first-order valence-electron chi connectivity index (χ1n) is 4.84. The second kappa shape index (κ2) is 4.40. The predicted octanol–water partition coefficient (Wildman–Crippen LogP) is 1.48. The number of furan rings is 1. The maximum atomic E-state index is 12.4. The summed E-state index contributed by atoms with van der Waals surface area (Å²) in [6, 6.07) is 3.21. The fourth-order valence-electron chi connectivity index (χ4n) is 1.06. The summed E-state index contributed by atoms with van der Waals surface area (Å²) in [5.41, 5.74) is 2.03. The summed E-state index contributed by atoms with van der Waals surface area (Å²) in [5, 5.41) is 2.08. The van der Waals surface area contributed by atoms with Gasteiger partial charge in [-0.1, -0.05) is 0 Å². The number of carbonyl (C=O) groups is 1. The molecular formula is C10H13F3N2O2. The Kier molecular flexibility index (Phi) is 3.51.